The van der Waals surface area contributed by atoms with Gasteiger partial charge in [-0.2, -0.15) is 5.10 Å². The van der Waals surface area contributed by atoms with Crippen LogP contribution in [0.25, 0.3) is 0 Å². The topological polar surface area (TPSA) is 60.2 Å². The Balaban J connectivity index is 1.69. The summed E-state index contributed by atoms with van der Waals surface area (Å²) in [6, 6.07) is 2.63. The van der Waals surface area contributed by atoms with E-state index in [-0.39, 0.29) is 28.6 Å². The first-order chi connectivity index (χ1) is 12.8. The van der Waals surface area contributed by atoms with Crippen LogP contribution in [-0.2, 0) is 10.3 Å². The number of pyridine rings is 1. The Morgan fingerprint density at radius 2 is 2.07 bits per heavy atom. The number of carbonyl (C=O) groups excluding carboxylic acids is 1. The maximum atomic E-state index is 14.1. The summed E-state index contributed by atoms with van der Waals surface area (Å²) in [5.74, 6) is -0.946. The van der Waals surface area contributed by atoms with Gasteiger partial charge in [-0.15, -0.1) is 0 Å². The zero-order chi connectivity index (χ0) is 19.2. The monoisotopic (exact) mass is 372 g/mol. The molecule has 4 rings (SSSR count). The fraction of sp³-hybridized carbons (Fsp3) is 0.550. The van der Waals surface area contributed by atoms with E-state index in [1.165, 1.54) is 18.3 Å². The van der Waals surface area contributed by atoms with Gasteiger partial charge in [0.1, 0.15) is 0 Å². The first-order valence-corrected chi connectivity index (χ1v) is 9.36. The Morgan fingerprint density at radius 3 is 2.70 bits per heavy atom. The first kappa shape index (κ1) is 18.1. The fourth-order valence-electron chi connectivity index (χ4n) is 4.19. The van der Waals surface area contributed by atoms with Gasteiger partial charge in [0.2, 0.25) is 0 Å². The van der Waals surface area contributed by atoms with Crippen molar-refractivity contribution >= 4 is 5.91 Å². The number of halogens is 1. The molecule has 1 spiro atoms. The van der Waals surface area contributed by atoms with Crippen molar-refractivity contribution in [1.29, 1.82) is 0 Å². The Bertz CT molecular complexity index is 852. The molecule has 1 unspecified atom stereocenters. The Hall–Kier alpha value is -2.28. The predicted octanol–water partition coefficient (Wildman–Crippen LogP) is 3.17. The van der Waals surface area contributed by atoms with Crippen LogP contribution < -0.4 is 0 Å². The third-order valence-electron chi connectivity index (χ3n) is 5.69. The number of ether oxygens (including phenoxy) is 1. The summed E-state index contributed by atoms with van der Waals surface area (Å²) < 4.78 is 21.6. The van der Waals surface area contributed by atoms with Gasteiger partial charge >= 0.3 is 0 Å². The summed E-state index contributed by atoms with van der Waals surface area (Å²) in [4.78, 5) is 18.7. The summed E-state index contributed by atoms with van der Waals surface area (Å²) in [6.07, 6.45) is 7.06. The zero-order valence-corrected chi connectivity index (χ0v) is 16.0. The smallest absolute Gasteiger partial charge is 0.276 e. The van der Waals surface area contributed by atoms with Crippen LogP contribution in [0.1, 0.15) is 55.7 Å². The minimum Gasteiger partial charge on any atom is -0.381 e. The van der Waals surface area contributed by atoms with E-state index in [4.69, 9.17) is 4.74 Å². The lowest BCUT2D eigenvalue weighted by molar-refractivity contribution is -0.115. The number of aromatic nitrogens is 3. The highest BCUT2D eigenvalue weighted by Gasteiger charge is 2.56. The number of amides is 1. The molecule has 0 N–H and O–H groups in total. The molecule has 2 fully saturated rings. The summed E-state index contributed by atoms with van der Waals surface area (Å²) in [7, 11) is 0. The molecule has 2 aliphatic rings. The molecule has 7 heteroatoms. The minimum atomic E-state index is -0.584. The normalized spacial score (nSPS) is 21.9. The van der Waals surface area contributed by atoms with Crippen molar-refractivity contribution < 1.29 is 13.9 Å². The number of hydrogen-bond donors (Lipinski definition) is 0. The van der Waals surface area contributed by atoms with E-state index in [1.807, 2.05) is 17.1 Å². The SMILES string of the molecule is CC(C)(C)n1cc(C2N(C(=O)c3ncccc3F)CC23CCOCC3)cn1. The third kappa shape index (κ3) is 3.04. The molecule has 0 aromatic carbocycles. The number of nitrogens with zero attached hydrogens (tertiary/aromatic N) is 4. The largest absolute Gasteiger partial charge is 0.381 e. The summed E-state index contributed by atoms with van der Waals surface area (Å²) in [5, 5.41) is 4.51. The van der Waals surface area contributed by atoms with E-state index in [0.717, 1.165) is 18.4 Å². The van der Waals surface area contributed by atoms with Crippen molar-refractivity contribution in [1.82, 2.24) is 19.7 Å². The Labute approximate surface area is 158 Å². The summed E-state index contributed by atoms with van der Waals surface area (Å²) >= 11 is 0. The van der Waals surface area contributed by atoms with Crippen LogP contribution >= 0.6 is 0 Å². The standard InChI is InChI=1S/C20H25FN4O2/c1-19(2,3)25-12-14(11-23-25)17-20(6-9-27-10-7-20)13-24(17)18(26)16-15(21)5-4-8-22-16/h4-5,8,11-12,17H,6-7,9-10,13H2,1-3H3. The lowest BCUT2D eigenvalue weighted by atomic mass is 9.64. The molecule has 0 aliphatic carbocycles. The van der Waals surface area contributed by atoms with Gasteiger partial charge in [-0.05, 0) is 45.7 Å². The van der Waals surface area contributed by atoms with Crippen LogP contribution in [0.2, 0.25) is 0 Å². The predicted molar refractivity (Wildman–Crippen MR) is 97.7 cm³/mol. The van der Waals surface area contributed by atoms with Crippen molar-refractivity contribution in [2.45, 2.75) is 45.2 Å². The number of likely N-dealkylation sites (tertiary alicyclic amines) is 1. The Morgan fingerprint density at radius 1 is 1.33 bits per heavy atom. The van der Waals surface area contributed by atoms with Gasteiger partial charge in [-0.25, -0.2) is 9.37 Å². The minimum absolute atomic E-state index is 0.0368. The molecular weight excluding hydrogens is 347 g/mol. The van der Waals surface area contributed by atoms with Gasteiger partial charge in [0, 0.05) is 43.1 Å². The van der Waals surface area contributed by atoms with Crippen LogP contribution in [0.4, 0.5) is 4.39 Å². The number of carbonyl (C=O) groups is 1. The van der Waals surface area contributed by atoms with Crippen LogP contribution in [-0.4, -0.2) is 45.3 Å². The van der Waals surface area contributed by atoms with Gasteiger partial charge in [-0.3, -0.25) is 9.48 Å². The van der Waals surface area contributed by atoms with E-state index < -0.39 is 5.82 Å². The molecule has 2 aliphatic heterocycles. The lowest BCUT2D eigenvalue weighted by Gasteiger charge is -2.58. The quantitative estimate of drug-likeness (QED) is 0.812. The maximum absolute atomic E-state index is 14.1. The van der Waals surface area contributed by atoms with E-state index in [9.17, 15) is 9.18 Å². The second-order valence-electron chi connectivity index (χ2n) is 8.53. The molecule has 1 amide bonds. The second kappa shape index (κ2) is 6.41. The van der Waals surface area contributed by atoms with Crippen molar-refractivity contribution in [3.8, 4) is 0 Å². The third-order valence-corrected chi connectivity index (χ3v) is 5.69. The van der Waals surface area contributed by atoms with Gasteiger partial charge in [0.25, 0.3) is 5.91 Å². The number of rotatable bonds is 2. The van der Waals surface area contributed by atoms with Crippen molar-refractivity contribution in [2.24, 2.45) is 5.41 Å². The molecular formula is C20H25FN4O2. The molecule has 1 atom stereocenters. The summed E-state index contributed by atoms with van der Waals surface area (Å²) in [6.45, 7) is 8.22. The molecule has 144 valence electrons. The van der Waals surface area contributed by atoms with Gasteiger partial charge in [-0.1, -0.05) is 0 Å². The molecule has 0 saturated carbocycles. The average Bonchev–Trinajstić information content (AvgIpc) is 3.10. The van der Waals surface area contributed by atoms with Gasteiger partial charge in [0.05, 0.1) is 17.8 Å². The number of hydrogen-bond acceptors (Lipinski definition) is 4. The Kier molecular flexibility index (Phi) is 4.29. The van der Waals surface area contributed by atoms with Gasteiger partial charge in [0.15, 0.2) is 11.5 Å². The van der Waals surface area contributed by atoms with E-state index in [0.29, 0.717) is 19.8 Å². The molecule has 2 aromatic heterocycles. The highest BCUT2D eigenvalue weighted by atomic mass is 19.1. The highest BCUT2D eigenvalue weighted by molar-refractivity contribution is 5.93. The highest BCUT2D eigenvalue weighted by Crippen LogP contribution is 2.55. The van der Waals surface area contributed by atoms with E-state index in [2.05, 4.69) is 30.9 Å². The lowest BCUT2D eigenvalue weighted by Crippen LogP contribution is -2.62. The molecule has 2 aromatic rings. The van der Waals surface area contributed by atoms with E-state index in [1.54, 1.807) is 4.90 Å². The van der Waals surface area contributed by atoms with Crippen molar-refractivity contribution in [2.75, 3.05) is 19.8 Å². The molecule has 0 bridgehead atoms. The summed E-state index contributed by atoms with van der Waals surface area (Å²) in [5.41, 5.74) is 0.688. The van der Waals surface area contributed by atoms with Gasteiger partial charge < -0.3 is 9.64 Å². The molecule has 27 heavy (non-hydrogen) atoms. The second-order valence-corrected chi connectivity index (χ2v) is 8.53. The zero-order valence-electron chi connectivity index (χ0n) is 16.0. The molecule has 2 saturated heterocycles. The molecule has 0 radical (unpaired) electrons. The fourth-order valence-corrected chi connectivity index (χ4v) is 4.19. The first-order valence-electron chi connectivity index (χ1n) is 9.36. The molecule has 4 heterocycles. The molecule has 6 nitrogen and oxygen atoms in total. The van der Waals surface area contributed by atoms with Crippen LogP contribution in [0.3, 0.4) is 0 Å². The van der Waals surface area contributed by atoms with Crippen LogP contribution in [0.5, 0.6) is 0 Å². The van der Waals surface area contributed by atoms with Crippen LogP contribution in [0.15, 0.2) is 30.7 Å². The van der Waals surface area contributed by atoms with Crippen LogP contribution in [0, 0.1) is 11.2 Å². The maximum Gasteiger partial charge on any atom is 0.276 e. The van der Waals surface area contributed by atoms with Crippen molar-refractivity contribution in [3.63, 3.8) is 0 Å². The van der Waals surface area contributed by atoms with Crippen molar-refractivity contribution in [3.05, 3.63) is 47.8 Å². The van der Waals surface area contributed by atoms with E-state index >= 15 is 0 Å². The average molecular weight is 372 g/mol.